The molecule has 0 aliphatic carbocycles. The fourth-order valence-corrected chi connectivity index (χ4v) is 1.64. The molecule has 0 aliphatic rings. The molecule has 0 radical (unpaired) electrons. The monoisotopic (exact) mass is 265 g/mol. The van der Waals surface area contributed by atoms with Gasteiger partial charge in [0.1, 0.15) is 12.6 Å². The van der Waals surface area contributed by atoms with Gasteiger partial charge in [-0.2, -0.15) is 0 Å². The van der Waals surface area contributed by atoms with Crippen LogP contribution in [-0.2, 0) is 20.7 Å². The number of carbonyl (C=O) groups is 2. The van der Waals surface area contributed by atoms with Crippen LogP contribution in [0.1, 0.15) is 18.9 Å². The molecule has 5 heteroatoms. The molecule has 1 aromatic carbocycles. The van der Waals surface area contributed by atoms with Crippen LogP contribution in [-0.4, -0.2) is 36.2 Å². The molecule has 1 atom stereocenters. The Morgan fingerprint density at radius 3 is 2.58 bits per heavy atom. The van der Waals surface area contributed by atoms with E-state index in [0.29, 0.717) is 19.4 Å². The number of ether oxygens (including phenoxy) is 1. The third kappa shape index (κ3) is 6.01. The van der Waals surface area contributed by atoms with E-state index in [-0.39, 0.29) is 6.61 Å². The van der Waals surface area contributed by atoms with Crippen LogP contribution in [0.15, 0.2) is 30.3 Å². The van der Waals surface area contributed by atoms with E-state index in [0.717, 1.165) is 5.56 Å². The predicted octanol–water partition coefficient (Wildman–Crippen LogP) is 1.23. The Morgan fingerprint density at radius 2 is 2.00 bits per heavy atom. The second kappa shape index (κ2) is 8.26. The van der Waals surface area contributed by atoms with Gasteiger partial charge in [-0.3, -0.25) is 4.79 Å². The number of hydrogen-bond donors (Lipinski definition) is 2. The molecule has 0 bridgehead atoms. The summed E-state index contributed by atoms with van der Waals surface area (Å²) in [4.78, 5) is 22.5. The minimum Gasteiger partial charge on any atom is -0.480 e. The predicted molar refractivity (Wildman–Crippen MR) is 70.8 cm³/mol. The molecule has 5 nitrogen and oxygen atoms in total. The van der Waals surface area contributed by atoms with E-state index < -0.39 is 17.9 Å². The normalized spacial score (nSPS) is 11.8. The third-order valence-corrected chi connectivity index (χ3v) is 2.64. The number of rotatable bonds is 8. The minimum atomic E-state index is -1.03. The SMILES string of the molecule is CCOCC(=O)N[C@H](CCc1ccccc1)C(=O)O. The fraction of sp³-hybridized carbons (Fsp3) is 0.429. The number of nitrogens with one attached hydrogen (secondary N) is 1. The highest BCUT2D eigenvalue weighted by Gasteiger charge is 2.19. The van der Waals surface area contributed by atoms with Crippen molar-refractivity contribution in [3.05, 3.63) is 35.9 Å². The minimum absolute atomic E-state index is 0.106. The molecule has 0 fully saturated rings. The molecule has 1 aromatic rings. The van der Waals surface area contributed by atoms with Crippen LogP contribution in [0.2, 0.25) is 0 Å². The Kier molecular flexibility index (Phi) is 6.60. The first-order chi connectivity index (χ1) is 9.13. The lowest BCUT2D eigenvalue weighted by Crippen LogP contribution is -2.42. The Morgan fingerprint density at radius 1 is 1.32 bits per heavy atom. The topological polar surface area (TPSA) is 75.6 Å². The van der Waals surface area contributed by atoms with E-state index in [1.54, 1.807) is 6.92 Å². The quantitative estimate of drug-likeness (QED) is 0.741. The summed E-state index contributed by atoms with van der Waals surface area (Å²) in [5.74, 6) is -1.43. The molecule has 19 heavy (non-hydrogen) atoms. The number of carbonyl (C=O) groups excluding carboxylic acids is 1. The molecule has 0 aromatic heterocycles. The summed E-state index contributed by atoms with van der Waals surface area (Å²) in [6, 6.07) is 8.69. The second-order valence-electron chi connectivity index (χ2n) is 4.12. The van der Waals surface area contributed by atoms with Gasteiger partial charge < -0.3 is 15.2 Å². The standard InChI is InChI=1S/C14H19NO4/c1-2-19-10-13(16)15-12(14(17)18)9-8-11-6-4-3-5-7-11/h3-7,12H,2,8-10H2,1H3,(H,15,16)(H,17,18)/t12-/m1/s1. The maximum absolute atomic E-state index is 11.4. The summed E-state index contributed by atoms with van der Waals surface area (Å²) in [5, 5.41) is 11.5. The molecule has 0 heterocycles. The lowest BCUT2D eigenvalue weighted by atomic mass is 10.1. The summed E-state index contributed by atoms with van der Waals surface area (Å²) in [6.07, 6.45) is 0.962. The van der Waals surface area contributed by atoms with E-state index in [9.17, 15) is 9.59 Å². The molecule has 0 aliphatic heterocycles. The highest BCUT2D eigenvalue weighted by atomic mass is 16.5. The van der Waals surface area contributed by atoms with Gasteiger partial charge in [-0.15, -0.1) is 0 Å². The summed E-state index contributed by atoms with van der Waals surface area (Å²) < 4.78 is 4.93. The molecule has 0 saturated carbocycles. The van der Waals surface area contributed by atoms with Crippen molar-refractivity contribution in [1.29, 1.82) is 0 Å². The van der Waals surface area contributed by atoms with Crippen LogP contribution in [0.25, 0.3) is 0 Å². The Hall–Kier alpha value is -1.88. The van der Waals surface area contributed by atoms with Gasteiger partial charge in [0.15, 0.2) is 0 Å². The zero-order chi connectivity index (χ0) is 14.1. The number of hydrogen-bond acceptors (Lipinski definition) is 3. The van der Waals surface area contributed by atoms with Gasteiger partial charge in [-0.05, 0) is 25.3 Å². The molecular weight excluding hydrogens is 246 g/mol. The zero-order valence-electron chi connectivity index (χ0n) is 11.0. The van der Waals surface area contributed by atoms with Gasteiger partial charge in [-0.25, -0.2) is 4.79 Å². The average Bonchev–Trinajstić information content (AvgIpc) is 2.42. The first-order valence-electron chi connectivity index (χ1n) is 6.27. The molecule has 104 valence electrons. The van der Waals surface area contributed by atoms with Crippen LogP contribution in [0.3, 0.4) is 0 Å². The van der Waals surface area contributed by atoms with Gasteiger partial charge in [0.2, 0.25) is 5.91 Å². The highest BCUT2D eigenvalue weighted by Crippen LogP contribution is 2.05. The average molecular weight is 265 g/mol. The maximum Gasteiger partial charge on any atom is 0.326 e. The van der Waals surface area contributed by atoms with Crippen molar-refractivity contribution >= 4 is 11.9 Å². The van der Waals surface area contributed by atoms with Gasteiger partial charge in [-0.1, -0.05) is 30.3 Å². The molecular formula is C14H19NO4. The fourth-order valence-electron chi connectivity index (χ4n) is 1.64. The van der Waals surface area contributed by atoms with Gasteiger partial charge in [0, 0.05) is 6.61 Å². The van der Waals surface area contributed by atoms with Crippen molar-refractivity contribution in [2.45, 2.75) is 25.8 Å². The molecule has 0 saturated heterocycles. The lowest BCUT2D eigenvalue weighted by Gasteiger charge is -2.14. The van der Waals surface area contributed by atoms with Crippen molar-refractivity contribution in [2.24, 2.45) is 0 Å². The summed E-state index contributed by atoms with van der Waals surface area (Å²) in [6.45, 7) is 2.10. The molecule has 0 spiro atoms. The molecule has 1 rings (SSSR count). The summed E-state index contributed by atoms with van der Waals surface area (Å²) >= 11 is 0. The van der Waals surface area contributed by atoms with Crippen molar-refractivity contribution < 1.29 is 19.4 Å². The van der Waals surface area contributed by atoms with Crippen molar-refractivity contribution in [3.8, 4) is 0 Å². The third-order valence-electron chi connectivity index (χ3n) is 2.64. The molecule has 1 amide bonds. The van der Waals surface area contributed by atoms with Gasteiger partial charge in [0.25, 0.3) is 0 Å². The molecule has 2 N–H and O–H groups in total. The Bertz CT molecular complexity index is 405. The Labute approximate surface area is 112 Å². The number of amides is 1. The van der Waals surface area contributed by atoms with Crippen LogP contribution < -0.4 is 5.32 Å². The van der Waals surface area contributed by atoms with Crippen molar-refractivity contribution in [3.63, 3.8) is 0 Å². The number of aliphatic carboxylic acids is 1. The van der Waals surface area contributed by atoms with Crippen LogP contribution >= 0.6 is 0 Å². The van der Waals surface area contributed by atoms with E-state index >= 15 is 0 Å². The van der Waals surface area contributed by atoms with E-state index in [1.807, 2.05) is 30.3 Å². The van der Waals surface area contributed by atoms with E-state index in [2.05, 4.69) is 5.32 Å². The lowest BCUT2D eigenvalue weighted by molar-refractivity contribution is -0.142. The second-order valence-corrected chi connectivity index (χ2v) is 4.12. The maximum atomic E-state index is 11.4. The van der Waals surface area contributed by atoms with E-state index in [1.165, 1.54) is 0 Å². The molecule has 0 unspecified atom stereocenters. The van der Waals surface area contributed by atoms with Crippen LogP contribution in [0.4, 0.5) is 0 Å². The highest BCUT2D eigenvalue weighted by molar-refractivity contribution is 5.84. The van der Waals surface area contributed by atoms with Crippen LogP contribution in [0, 0.1) is 0 Å². The largest absolute Gasteiger partial charge is 0.480 e. The van der Waals surface area contributed by atoms with Crippen molar-refractivity contribution in [2.75, 3.05) is 13.2 Å². The summed E-state index contributed by atoms with van der Waals surface area (Å²) in [5.41, 5.74) is 1.05. The Balaban J connectivity index is 2.45. The zero-order valence-corrected chi connectivity index (χ0v) is 11.0. The van der Waals surface area contributed by atoms with Gasteiger partial charge in [0.05, 0.1) is 0 Å². The number of benzene rings is 1. The van der Waals surface area contributed by atoms with Crippen molar-refractivity contribution in [1.82, 2.24) is 5.32 Å². The first-order valence-corrected chi connectivity index (χ1v) is 6.27. The van der Waals surface area contributed by atoms with Crippen LogP contribution in [0.5, 0.6) is 0 Å². The smallest absolute Gasteiger partial charge is 0.326 e. The summed E-state index contributed by atoms with van der Waals surface area (Å²) in [7, 11) is 0. The number of carboxylic acids is 1. The van der Waals surface area contributed by atoms with E-state index in [4.69, 9.17) is 9.84 Å². The van der Waals surface area contributed by atoms with Gasteiger partial charge >= 0.3 is 5.97 Å². The number of aryl methyl sites for hydroxylation is 1. The number of carboxylic acid groups (broad SMARTS) is 1. The first kappa shape index (κ1) is 15.2.